The lowest BCUT2D eigenvalue weighted by molar-refractivity contribution is -0.00518. The smallest absolute Gasteiger partial charge is 0.291 e. The molecule has 4 bridgehead atoms. The van der Waals surface area contributed by atoms with Crippen LogP contribution in [0, 0.1) is 24.7 Å². The molecule has 9 heteroatoms. The molecule has 0 atom stereocenters. The molecule has 0 spiro atoms. The Hall–Kier alpha value is -2.78. The number of nitrogens with one attached hydrogen (secondary N) is 2. The van der Waals surface area contributed by atoms with Gasteiger partial charge in [-0.15, -0.1) is 10.2 Å². The average Bonchev–Trinajstić information content (AvgIpc) is 3.28. The Kier molecular flexibility index (Phi) is 5.45. The summed E-state index contributed by atoms with van der Waals surface area (Å²) in [5.41, 5.74) is 3.55. The molecule has 4 aliphatic rings. The number of carbonyl (C=O) groups excluding carboxylic acids is 1. The lowest BCUT2D eigenvalue weighted by atomic mass is 9.48. The number of hydrogen-bond acceptors (Lipinski definition) is 6. The number of rotatable bonds is 6. The fourth-order valence-electron chi connectivity index (χ4n) is 6.88. The number of sulfonamides is 1. The predicted molar refractivity (Wildman–Crippen MR) is 136 cm³/mol. The van der Waals surface area contributed by atoms with Crippen molar-refractivity contribution in [3.8, 4) is 0 Å². The number of hydrogen-bond donors (Lipinski definition) is 2. The first-order valence-corrected chi connectivity index (χ1v) is 14.4. The number of aryl methyl sites for hydroxylation is 1. The summed E-state index contributed by atoms with van der Waals surface area (Å²) in [4.78, 5) is 12.4. The van der Waals surface area contributed by atoms with Crippen LogP contribution in [0.3, 0.4) is 0 Å². The summed E-state index contributed by atoms with van der Waals surface area (Å²) < 4.78 is 28.2. The molecule has 0 saturated heterocycles. The van der Waals surface area contributed by atoms with Crippen LogP contribution >= 0.6 is 11.3 Å². The topological polar surface area (TPSA) is 101 Å². The van der Waals surface area contributed by atoms with Gasteiger partial charge in [0.05, 0.1) is 0 Å². The highest BCUT2D eigenvalue weighted by atomic mass is 32.2. The third-order valence-electron chi connectivity index (χ3n) is 7.92. The molecule has 3 aromatic rings. The minimum Gasteiger partial charge on any atom is -0.296 e. The van der Waals surface area contributed by atoms with Crippen LogP contribution < -0.4 is 10.0 Å². The molecule has 7 rings (SSSR count). The molecular weight excluding hydrogens is 480 g/mol. The van der Waals surface area contributed by atoms with Gasteiger partial charge in [0.25, 0.3) is 20.3 Å². The lowest BCUT2D eigenvalue weighted by Crippen LogP contribution is -2.48. The number of aromatic nitrogens is 2. The minimum atomic E-state index is -3.91. The van der Waals surface area contributed by atoms with Crippen molar-refractivity contribution in [1.82, 2.24) is 10.2 Å². The van der Waals surface area contributed by atoms with E-state index >= 15 is 0 Å². The van der Waals surface area contributed by atoms with Crippen LogP contribution in [-0.4, -0.2) is 24.5 Å². The van der Waals surface area contributed by atoms with Crippen LogP contribution in [-0.2, 0) is 15.4 Å². The van der Waals surface area contributed by atoms with E-state index in [2.05, 4.69) is 32.4 Å². The number of nitrogens with zero attached hydrogens (tertiary/aromatic N) is 2. The van der Waals surface area contributed by atoms with Crippen LogP contribution in [0.4, 0.5) is 10.8 Å². The van der Waals surface area contributed by atoms with Crippen molar-refractivity contribution in [3.05, 3.63) is 65.2 Å². The molecule has 0 unspecified atom stereocenters. The Bertz CT molecular complexity index is 1350. The zero-order chi connectivity index (χ0) is 24.2. The molecular formula is C26H28N4O3S2. The molecule has 2 aromatic carbocycles. The SMILES string of the molecule is Cc1cccc(C(=O)Nc2nnc(S(=O)(=O)Nc3ccc(C45CC6CC(CC(C6)C4)C5)cc3)s2)c1. The summed E-state index contributed by atoms with van der Waals surface area (Å²) in [5.74, 6) is 2.22. The van der Waals surface area contributed by atoms with Gasteiger partial charge in [-0.1, -0.05) is 41.2 Å². The second-order valence-corrected chi connectivity index (χ2v) is 13.4. The highest BCUT2D eigenvalue weighted by Gasteiger charge is 2.51. The maximum Gasteiger partial charge on any atom is 0.291 e. The second kappa shape index (κ2) is 8.41. The van der Waals surface area contributed by atoms with Gasteiger partial charge in [0.1, 0.15) is 0 Å². The van der Waals surface area contributed by atoms with Crippen LogP contribution in [0.5, 0.6) is 0 Å². The van der Waals surface area contributed by atoms with Crippen molar-refractivity contribution in [1.29, 1.82) is 0 Å². The van der Waals surface area contributed by atoms with Crippen LogP contribution in [0.2, 0.25) is 0 Å². The van der Waals surface area contributed by atoms with E-state index in [0.717, 1.165) is 34.7 Å². The third kappa shape index (κ3) is 4.36. The van der Waals surface area contributed by atoms with E-state index in [-0.39, 0.29) is 20.8 Å². The monoisotopic (exact) mass is 508 g/mol. The molecule has 0 radical (unpaired) electrons. The van der Waals surface area contributed by atoms with E-state index in [0.29, 0.717) is 11.3 Å². The van der Waals surface area contributed by atoms with Gasteiger partial charge in [0.2, 0.25) is 5.13 Å². The van der Waals surface area contributed by atoms with E-state index in [1.165, 1.54) is 44.1 Å². The molecule has 1 aromatic heterocycles. The second-order valence-electron chi connectivity index (χ2n) is 10.6. The highest BCUT2D eigenvalue weighted by Crippen LogP contribution is 2.60. The van der Waals surface area contributed by atoms with Gasteiger partial charge in [-0.2, -0.15) is 8.42 Å². The Balaban J connectivity index is 1.14. The normalized spacial score (nSPS) is 27.1. The van der Waals surface area contributed by atoms with Crippen LogP contribution in [0.1, 0.15) is 60.0 Å². The molecule has 0 aliphatic heterocycles. The molecule has 4 saturated carbocycles. The van der Waals surface area contributed by atoms with Gasteiger partial charge in [-0.25, -0.2) is 0 Å². The van der Waals surface area contributed by atoms with Gasteiger partial charge >= 0.3 is 0 Å². The summed E-state index contributed by atoms with van der Waals surface area (Å²) >= 11 is 0.823. The fraction of sp³-hybridized carbons (Fsp3) is 0.423. The van der Waals surface area contributed by atoms with E-state index in [1.54, 1.807) is 18.2 Å². The van der Waals surface area contributed by atoms with Crippen LogP contribution in [0.25, 0.3) is 0 Å². The molecule has 4 aliphatic carbocycles. The Labute approximate surface area is 209 Å². The summed E-state index contributed by atoms with van der Waals surface area (Å²) in [7, 11) is -3.91. The molecule has 1 heterocycles. The maximum absolute atomic E-state index is 12.9. The molecule has 1 amide bonds. The van der Waals surface area contributed by atoms with E-state index in [4.69, 9.17) is 0 Å². The Morgan fingerprint density at radius 1 is 0.971 bits per heavy atom. The Morgan fingerprint density at radius 3 is 2.26 bits per heavy atom. The van der Waals surface area contributed by atoms with Crippen molar-refractivity contribution in [2.75, 3.05) is 10.0 Å². The summed E-state index contributed by atoms with van der Waals surface area (Å²) in [6, 6.07) is 15.0. The van der Waals surface area contributed by atoms with Crippen molar-refractivity contribution in [2.45, 2.75) is 55.2 Å². The summed E-state index contributed by atoms with van der Waals surface area (Å²) in [6.07, 6.45) is 7.99. The van der Waals surface area contributed by atoms with Gasteiger partial charge in [0.15, 0.2) is 0 Å². The number of amides is 1. The average molecular weight is 509 g/mol. The van der Waals surface area contributed by atoms with Gasteiger partial charge in [-0.05, 0) is 98.4 Å². The van der Waals surface area contributed by atoms with Crippen molar-refractivity contribution >= 4 is 38.1 Å². The third-order valence-corrected chi connectivity index (χ3v) is 10.5. The largest absolute Gasteiger partial charge is 0.296 e. The van der Waals surface area contributed by atoms with E-state index < -0.39 is 10.0 Å². The van der Waals surface area contributed by atoms with E-state index in [9.17, 15) is 13.2 Å². The number of carbonyl (C=O) groups is 1. The zero-order valence-electron chi connectivity index (χ0n) is 19.5. The van der Waals surface area contributed by atoms with Gasteiger partial charge in [-0.3, -0.25) is 14.8 Å². The predicted octanol–water partition coefficient (Wildman–Crippen LogP) is 5.37. The number of benzene rings is 2. The quantitative estimate of drug-likeness (QED) is 0.436. The van der Waals surface area contributed by atoms with Crippen molar-refractivity contribution in [3.63, 3.8) is 0 Å². The number of anilines is 2. The Morgan fingerprint density at radius 2 is 1.63 bits per heavy atom. The fourth-order valence-corrected chi connectivity index (χ4v) is 8.83. The summed E-state index contributed by atoms with van der Waals surface area (Å²) in [5, 5.41) is 10.4. The molecule has 4 fully saturated rings. The first-order valence-electron chi connectivity index (χ1n) is 12.1. The molecule has 7 nitrogen and oxygen atoms in total. The maximum atomic E-state index is 12.9. The van der Waals surface area contributed by atoms with E-state index in [1.807, 2.05) is 25.1 Å². The van der Waals surface area contributed by atoms with Crippen molar-refractivity contribution in [2.24, 2.45) is 17.8 Å². The standard InChI is InChI=1S/C26H28N4O3S2/c1-16-3-2-4-20(9-16)23(31)27-24-28-29-25(34-24)35(32,33)30-22-7-5-21(6-8-22)26-13-17-10-18(14-26)12-19(11-17)15-26/h2-9,17-19,30H,10-15H2,1H3,(H,27,28,31). The summed E-state index contributed by atoms with van der Waals surface area (Å²) in [6.45, 7) is 1.90. The van der Waals surface area contributed by atoms with Gasteiger partial charge < -0.3 is 0 Å². The minimum absolute atomic E-state index is 0.133. The van der Waals surface area contributed by atoms with Crippen LogP contribution in [0.15, 0.2) is 52.9 Å². The molecule has 35 heavy (non-hydrogen) atoms. The molecule has 182 valence electrons. The lowest BCUT2D eigenvalue weighted by Gasteiger charge is -2.57. The first kappa shape index (κ1) is 22.7. The van der Waals surface area contributed by atoms with Crippen molar-refractivity contribution < 1.29 is 13.2 Å². The van der Waals surface area contributed by atoms with Gasteiger partial charge in [0, 0.05) is 11.3 Å². The highest BCUT2D eigenvalue weighted by molar-refractivity contribution is 7.94. The first-order chi connectivity index (χ1) is 16.8. The molecule has 2 N–H and O–H groups in total. The zero-order valence-corrected chi connectivity index (χ0v) is 21.2.